The van der Waals surface area contributed by atoms with Crippen molar-refractivity contribution >= 4 is 57.4 Å². The lowest BCUT2D eigenvalue weighted by Gasteiger charge is -2.61. The van der Waals surface area contributed by atoms with E-state index in [1.807, 2.05) is 52.8 Å². The molecular formula is C25H28ClN7O3S. The second-order valence-corrected chi connectivity index (χ2v) is 11.6. The Morgan fingerprint density at radius 2 is 1.95 bits per heavy atom. The van der Waals surface area contributed by atoms with Crippen LogP contribution in [0.1, 0.15) is 41.8 Å². The number of nitrogens with one attached hydrogen (secondary N) is 2. The topological polar surface area (TPSA) is 113 Å². The lowest BCUT2D eigenvalue weighted by Crippen LogP contribution is -2.80. The number of carbonyl (C=O) groups is 2. The number of aromatic nitrogens is 3. The molecule has 2 aliphatic rings. The lowest BCUT2D eigenvalue weighted by molar-refractivity contribution is -0.0312. The van der Waals surface area contributed by atoms with Crippen LogP contribution in [0.15, 0.2) is 30.5 Å². The van der Waals surface area contributed by atoms with Gasteiger partial charge >= 0.3 is 6.09 Å². The number of carbonyl (C=O) groups excluding carboxylic acids is 2. The number of amides is 2. The number of thiazole rings is 1. The summed E-state index contributed by atoms with van der Waals surface area (Å²) < 4.78 is 5.50. The van der Waals surface area contributed by atoms with Gasteiger partial charge in [0.25, 0.3) is 5.91 Å². The Hall–Kier alpha value is -3.44. The number of para-hydroxylation sites is 1. The van der Waals surface area contributed by atoms with Gasteiger partial charge in [-0.05, 0) is 46.2 Å². The molecule has 1 unspecified atom stereocenters. The summed E-state index contributed by atoms with van der Waals surface area (Å²) in [6.45, 7) is 10.6. The third-order valence-electron chi connectivity index (χ3n) is 6.18. The van der Waals surface area contributed by atoms with Crippen LogP contribution in [0.3, 0.4) is 0 Å². The summed E-state index contributed by atoms with van der Waals surface area (Å²) in [4.78, 5) is 42.9. The van der Waals surface area contributed by atoms with E-state index < -0.39 is 5.60 Å². The highest BCUT2D eigenvalue weighted by molar-refractivity contribution is 7.17. The van der Waals surface area contributed by atoms with Gasteiger partial charge in [0.2, 0.25) is 0 Å². The maximum atomic E-state index is 12.8. The van der Waals surface area contributed by atoms with E-state index >= 15 is 0 Å². The van der Waals surface area contributed by atoms with Crippen molar-refractivity contribution in [3.63, 3.8) is 0 Å². The first-order valence-electron chi connectivity index (χ1n) is 11.9. The number of nitrogens with zero attached hydrogens (tertiary/aromatic N) is 5. The molecule has 0 radical (unpaired) electrons. The van der Waals surface area contributed by atoms with Crippen LogP contribution in [0.5, 0.6) is 0 Å². The normalized spacial score (nSPS) is 18.4. The summed E-state index contributed by atoms with van der Waals surface area (Å²) in [5.74, 6) is 1.68. The number of piperazine rings is 1. The van der Waals surface area contributed by atoms with Crippen LogP contribution in [0.25, 0.3) is 0 Å². The Bertz CT molecular complexity index is 1350. The number of likely N-dealkylation sites (tertiary alicyclic amines) is 1. The van der Waals surface area contributed by atoms with E-state index in [4.69, 9.17) is 16.3 Å². The van der Waals surface area contributed by atoms with Gasteiger partial charge in [0.15, 0.2) is 5.13 Å². The zero-order chi connectivity index (χ0) is 26.5. The smallest absolute Gasteiger partial charge is 0.410 e. The van der Waals surface area contributed by atoms with Crippen molar-refractivity contribution in [2.24, 2.45) is 0 Å². The Morgan fingerprint density at radius 3 is 2.62 bits per heavy atom. The molecule has 12 heteroatoms. The van der Waals surface area contributed by atoms with Crippen LogP contribution in [-0.4, -0.2) is 62.6 Å². The Balaban J connectivity index is 1.23. The predicted octanol–water partition coefficient (Wildman–Crippen LogP) is 5.01. The van der Waals surface area contributed by atoms with Gasteiger partial charge in [-0.2, -0.15) is 0 Å². The maximum Gasteiger partial charge on any atom is 0.410 e. The second-order valence-electron chi connectivity index (χ2n) is 10.1. The van der Waals surface area contributed by atoms with Crippen LogP contribution >= 0.6 is 22.9 Å². The summed E-state index contributed by atoms with van der Waals surface area (Å²) in [7, 11) is 0. The van der Waals surface area contributed by atoms with E-state index in [2.05, 4.69) is 30.5 Å². The van der Waals surface area contributed by atoms with Gasteiger partial charge in [0, 0.05) is 19.2 Å². The molecule has 5 rings (SSSR count). The first-order valence-corrected chi connectivity index (χ1v) is 13.1. The minimum atomic E-state index is -0.514. The number of hydrogen-bond donors (Lipinski definition) is 2. The maximum absolute atomic E-state index is 12.8. The molecule has 0 bridgehead atoms. The Kier molecular flexibility index (Phi) is 6.45. The summed E-state index contributed by atoms with van der Waals surface area (Å²) >= 11 is 7.45. The van der Waals surface area contributed by atoms with Crippen LogP contribution in [0.4, 0.5) is 27.2 Å². The second kappa shape index (κ2) is 9.46. The quantitative estimate of drug-likeness (QED) is 0.463. The molecular weight excluding hydrogens is 514 g/mol. The van der Waals surface area contributed by atoms with Crippen LogP contribution in [-0.2, 0) is 4.74 Å². The van der Waals surface area contributed by atoms with Crippen LogP contribution < -0.4 is 15.5 Å². The average molecular weight is 542 g/mol. The SMILES string of the molecule is Cc1nc(Nc2ncc(C(=O)Nc3c(C)cccc3Cl)s2)cc(N2CC3[C@@H]2CN3C(=O)OC(C)(C)C)n1. The van der Waals surface area contributed by atoms with Crippen molar-refractivity contribution in [3.8, 4) is 0 Å². The summed E-state index contributed by atoms with van der Waals surface area (Å²) in [6.07, 6.45) is 1.24. The first-order chi connectivity index (χ1) is 17.5. The first kappa shape index (κ1) is 25.2. The fourth-order valence-electron chi connectivity index (χ4n) is 4.32. The van der Waals surface area contributed by atoms with Crippen molar-refractivity contribution in [3.05, 3.63) is 51.7 Å². The third-order valence-corrected chi connectivity index (χ3v) is 7.41. The van der Waals surface area contributed by atoms with Gasteiger partial charge in [-0.3, -0.25) is 9.69 Å². The molecule has 2 fully saturated rings. The summed E-state index contributed by atoms with van der Waals surface area (Å²) in [6, 6.07) is 7.64. The van der Waals surface area contributed by atoms with E-state index in [0.29, 0.717) is 45.5 Å². The largest absolute Gasteiger partial charge is 0.444 e. The molecule has 10 nitrogen and oxygen atoms in total. The van der Waals surface area contributed by atoms with E-state index in [9.17, 15) is 9.59 Å². The molecule has 3 aromatic rings. The number of aryl methyl sites for hydroxylation is 2. The molecule has 1 aromatic carbocycles. The van der Waals surface area contributed by atoms with Gasteiger partial charge < -0.3 is 20.3 Å². The van der Waals surface area contributed by atoms with E-state index in [-0.39, 0.29) is 24.1 Å². The van der Waals surface area contributed by atoms with E-state index in [0.717, 1.165) is 11.4 Å². The highest BCUT2D eigenvalue weighted by Gasteiger charge is 2.55. The monoisotopic (exact) mass is 541 g/mol. The van der Waals surface area contributed by atoms with Crippen molar-refractivity contribution < 1.29 is 14.3 Å². The summed E-state index contributed by atoms with van der Waals surface area (Å²) in [5.41, 5.74) is 0.948. The molecule has 0 saturated carbocycles. The predicted molar refractivity (Wildman–Crippen MR) is 144 cm³/mol. The minimum absolute atomic E-state index is 0.128. The molecule has 2 amide bonds. The number of benzene rings is 1. The number of ether oxygens (including phenoxy) is 1. The molecule has 0 aliphatic carbocycles. The zero-order valence-electron chi connectivity index (χ0n) is 21.2. The Morgan fingerprint density at radius 1 is 1.16 bits per heavy atom. The number of rotatable bonds is 5. The average Bonchev–Trinajstić information content (AvgIpc) is 3.24. The molecule has 2 atom stereocenters. The number of anilines is 4. The zero-order valence-corrected chi connectivity index (χ0v) is 22.8. The van der Waals surface area contributed by atoms with Gasteiger partial charge in [-0.1, -0.05) is 35.1 Å². The number of fused-ring (bicyclic) bond motifs is 1. The third kappa shape index (κ3) is 5.19. The molecule has 2 aliphatic heterocycles. The van der Waals surface area contributed by atoms with Crippen molar-refractivity contribution in [2.75, 3.05) is 28.6 Å². The van der Waals surface area contributed by atoms with E-state index in [1.165, 1.54) is 17.5 Å². The Labute approximate surface area is 224 Å². The number of hydrogen-bond acceptors (Lipinski definition) is 9. The molecule has 194 valence electrons. The molecule has 4 heterocycles. The van der Waals surface area contributed by atoms with Gasteiger partial charge in [-0.25, -0.2) is 19.7 Å². The molecule has 37 heavy (non-hydrogen) atoms. The standard InChI is InChI=1S/C25H28ClN7O3S/c1-13-7-6-8-15(26)21(13)31-22(34)18-10-27-23(37-18)30-19-9-20(29-14(2)28-19)32-11-17-16(32)12-33(17)24(35)36-25(3,4)5/h6-10,16-17H,11-12H2,1-5H3,(H,31,34)(H,27,28,29,30)/t16-,17?/m0/s1. The number of halogens is 1. The van der Waals surface area contributed by atoms with E-state index in [1.54, 1.807) is 11.0 Å². The summed E-state index contributed by atoms with van der Waals surface area (Å²) in [5, 5.41) is 7.06. The van der Waals surface area contributed by atoms with Crippen molar-refractivity contribution in [2.45, 2.75) is 52.3 Å². The highest BCUT2D eigenvalue weighted by atomic mass is 35.5. The molecule has 2 N–H and O–H groups in total. The highest BCUT2D eigenvalue weighted by Crippen LogP contribution is 2.38. The molecule has 2 saturated heterocycles. The van der Waals surface area contributed by atoms with Crippen molar-refractivity contribution in [1.82, 2.24) is 19.9 Å². The fraction of sp³-hybridized carbons (Fsp3) is 0.400. The fourth-order valence-corrected chi connectivity index (χ4v) is 5.31. The lowest BCUT2D eigenvalue weighted by atomic mass is 9.86. The van der Waals surface area contributed by atoms with Gasteiger partial charge in [-0.15, -0.1) is 0 Å². The van der Waals surface area contributed by atoms with Gasteiger partial charge in [0.05, 0.1) is 29.0 Å². The van der Waals surface area contributed by atoms with Crippen LogP contribution in [0, 0.1) is 13.8 Å². The minimum Gasteiger partial charge on any atom is -0.444 e. The van der Waals surface area contributed by atoms with Crippen molar-refractivity contribution in [1.29, 1.82) is 0 Å². The van der Waals surface area contributed by atoms with Gasteiger partial charge in [0.1, 0.15) is 27.9 Å². The molecule has 2 aromatic heterocycles. The van der Waals surface area contributed by atoms with Crippen LogP contribution in [0.2, 0.25) is 5.02 Å². The molecule has 0 spiro atoms.